The van der Waals surface area contributed by atoms with Gasteiger partial charge in [0.15, 0.2) is 0 Å². The van der Waals surface area contributed by atoms with Crippen LogP contribution in [0.1, 0.15) is 38.3 Å². The van der Waals surface area contributed by atoms with Gasteiger partial charge in [0, 0.05) is 6.54 Å². The monoisotopic (exact) mass is 310 g/mol. The van der Waals surface area contributed by atoms with Gasteiger partial charge in [-0.25, -0.2) is 0 Å². The number of rotatable bonds is 4. The first-order valence-electron chi connectivity index (χ1n) is 8.63. The van der Waals surface area contributed by atoms with Crippen LogP contribution in [0, 0.1) is 5.92 Å². The maximum Gasteiger partial charge on any atom is 0.234 e. The number of nitrogens with zero attached hydrogens (tertiary/aromatic N) is 1. The first-order valence-corrected chi connectivity index (χ1v) is 8.63. The summed E-state index contributed by atoms with van der Waals surface area (Å²) in [5, 5.41) is 5.61. The molecule has 2 aromatic carbocycles. The van der Waals surface area contributed by atoms with Crippen molar-refractivity contribution in [2.75, 3.05) is 19.6 Å². The van der Waals surface area contributed by atoms with Gasteiger partial charge < -0.3 is 5.32 Å². The van der Waals surface area contributed by atoms with E-state index in [1.165, 1.54) is 29.2 Å². The number of carbonyl (C=O) groups is 1. The summed E-state index contributed by atoms with van der Waals surface area (Å²) >= 11 is 0. The van der Waals surface area contributed by atoms with E-state index >= 15 is 0 Å². The van der Waals surface area contributed by atoms with E-state index in [9.17, 15) is 4.79 Å². The molecule has 3 nitrogen and oxygen atoms in total. The molecule has 0 radical (unpaired) electrons. The Hall–Kier alpha value is -1.87. The lowest BCUT2D eigenvalue weighted by Crippen LogP contribution is -2.42. The Kier molecular flexibility index (Phi) is 4.97. The summed E-state index contributed by atoms with van der Waals surface area (Å²) in [6, 6.07) is 14.6. The van der Waals surface area contributed by atoms with Crippen LogP contribution in [0.25, 0.3) is 10.8 Å². The van der Waals surface area contributed by atoms with Gasteiger partial charge >= 0.3 is 0 Å². The van der Waals surface area contributed by atoms with Crippen LogP contribution in [0.4, 0.5) is 0 Å². The van der Waals surface area contributed by atoms with Crippen molar-refractivity contribution >= 4 is 16.7 Å². The molecule has 3 heteroatoms. The van der Waals surface area contributed by atoms with Gasteiger partial charge in [0.1, 0.15) is 0 Å². The van der Waals surface area contributed by atoms with Crippen molar-refractivity contribution < 1.29 is 4.79 Å². The van der Waals surface area contributed by atoms with E-state index in [1.807, 2.05) is 6.07 Å². The first-order chi connectivity index (χ1) is 11.1. The Balaban J connectivity index is 1.66. The van der Waals surface area contributed by atoms with Crippen LogP contribution in [0.5, 0.6) is 0 Å². The van der Waals surface area contributed by atoms with Crippen molar-refractivity contribution in [1.29, 1.82) is 0 Å². The van der Waals surface area contributed by atoms with Gasteiger partial charge in [0.2, 0.25) is 5.91 Å². The molecule has 1 fully saturated rings. The summed E-state index contributed by atoms with van der Waals surface area (Å²) in [6.45, 7) is 6.93. The molecule has 1 saturated heterocycles. The van der Waals surface area contributed by atoms with E-state index in [2.05, 4.69) is 60.5 Å². The highest BCUT2D eigenvalue weighted by Crippen LogP contribution is 2.24. The average Bonchev–Trinajstić information content (AvgIpc) is 2.54. The molecule has 122 valence electrons. The highest BCUT2D eigenvalue weighted by Gasteiger charge is 2.19. The van der Waals surface area contributed by atoms with Gasteiger partial charge in [-0.1, -0.05) is 49.4 Å². The smallest absolute Gasteiger partial charge is 0.234 e. The maximum absolute atomic E-state index is 12.4. The van der Waals surface area contributed by atoms with Crippen molar-refractivity contribution in [3.05, 3.63) is 48.0 Å². The fraction of sp³-hybridized carbons (Fsp3) is 0.450. The third-order valence-corrected chi connectivity index (χ3v) is 4.78. The molecule has 0 aromatic heterocycles. The molecule has 0 unspecified atom stereocenters. The highest BCUT2D eigenvalue weighted by molar-refractivity contribution is 5.87. The minimum Gasteiger partial charge on any atom is -0.348 e. The molecule has 23 heavy (non-hydrogen) atoms. The summed E-state index contributed by atoms with van der Waals surface area (Å²) < 4.78 is 0. The Morgan fingerprint density at radius 1 is 1.26 bits per heavy atom. The van der Waals surface area contributed by atoms with Crippen molar-refractivity contribution in [2.45, 2.75) is 32.7 Å². The largest absolute Gasteiger partial charge is 0.348 e. The van der Waals surface area contributed by atoms with E-state index in [1.54, 1.807) is 0 Å². The van der Waals surface area contributed by atoms with Gasteiger partial charge in [-0.05, 0) is 48.6 Å². The molecule has 0 aliphatic carbocycles. The van der Waals surface area contributed by atoms with Crippen LogP contribution >= 0.6 is 0 Å². The third kappa shape index (κ3) is 3.91. The minimum absolute atomic E-state index is 0.0239. The lowest BCUT2D eigenvalue weighted by atomic mass is 9.99. The number of likely N-dealkylation sites (tertiary alicyclic amines) is 1. The summed E-state index contributed by atoms with van der Waals surface area (Å²) in [6.07, 6.45) is 2.48. The van der Waals surface area contributed by atoms with E-state index in [0.29, 0.717) is 12.5 Å². The molecular weight excluding hydrogens is 284 g/mol. The first kappa shape index (κ1) is 16.0. The zero-order valence-electron chi connectivity index (χ0n) is 14.1. The van der Waals surface area contributed by atoms with E-state index in [-0.39, 0.29) is 11.9 Å². The second-order valence-corrected chi connectivity index (χ2v) is 6.84. The molecule has 3 rings (SSSR count). The Morgan fingerprint density at radius 2 is 2.04 bits per heavy atom. The van der Waals surface area contributed by atoms with Crippen LogP contribution in [-0.4, -0.2) is 30.4 Å². The molecular formula is C20H26N2O. The Bertz CT molecular complexity index is 677. The number of amides is 1. The fourth-order valence-corrected chi connectivity index (χ4v) is 3.63. The topological polar surface area (TPSA) is 32.3 Å². The molecule has 0 saturated carbocycles. The van der Waals surface area contributed by atoms with E-state index in [4.69, 9.17) is 0 Å². The minimum atomic E-state index is 0.0239. The summed E-state index contributed by atoms with van der Waals surface area (Å²) in [4.78, 5) is 14.7. The predicted octanol–water partition coefficient (Wildman–Crippen LogP) is 3.75. The van der Waals surface area contributed by atoms with Crippen LogP contribution in [-0.2, 0) is 4.79 Å². The van der Waals surface area contributed by atoms with E-state index in [0.717, 1.165) is 13.1 Å². The van der Waals surface area contributed by atoms with Crippen molar-refractivity contribution in [1.82, 2.24) is 10.2 Å². The van der Waals surface area contributed by atoms with Gasteiger partial charge in [0.05, 0.1) is 12.6 Å². The Labute approximate surface area is 138 Å². The lowest BCUT2D eigenvalue weighted by Gasteiger charge is -2.30. The Morgan fingerprint density at radius 3 is 2.87 bits per heavy atom. The molecule has 1 N–H and O–H groups in total. The van der Waals surface area contributed by atoms with Crippen LogP contribution in [0.15, 0.2) is 42.5 Å². The van der Waals surface area contributed by atoms with Gasteiger partial charge in [-0.3, -0.25) is 9.69 Å². The van der Waals surface area contributed by atoms with Crippen LogP contribution in [0.2, 0.25) is 0 Å². The standard InChI is InChI=1S/C20H26N2O/c1-15-7-6-12-22(13-15)14-20(23)21-16(2)18-11-5-9-17-8-3-4-10-19(17)18/h3-5,8-11,15-16H,6-7,12-14H2,1-2H3,(H,21,23)/t15-,16-/m0/s1. The number of benzene rings is 2. The fourth-order valence-electron chi connectivity index (χ4n) is 3.63. The normalized spacial score (nSPS) is 20.3. The zero-order valence-corrected chi connectivity index (χ0v) is 14.1. The zero-order chi connectivity index (χ0) is 16.2. The van der Waals surface area contributed by atoms with Gasteiger partial charge in [-0.2, -0.15) is 0 Å². The molecule has 2 atom stereocenters. The third-order valence-electron chi connectivity index (χ3n) is 4.78. The van der Waals surface area contributed by atoms with Gasteiger partial charge in [-0.15, -0.1) is 0 Å². The molecule has 0 spiro atoms. The molecule has 1 heterocycles. The maximum atomic E-state index is 12.4. The molecule has 2 aromatic rings. The van der Waals surface area contributed by atoms with Crippen LogP contribution < -0.4 is 5.32 Å². The average molecular weight is 310 g/mol. The van der Waals surface area contributed by atoms with Crippen molar-refractivity contribution in [2.24, 2.45) is 5.92 Å². The lowest BCUT2D eigenvalue weighted by molar-refractivity contribution is -0.123. The quantitative estimate of drug-likeness (QED) is 0.933. The number of hydrogen-bond acceptors (Lipinski definition) is 2. The molecule has 1 amide bonds. The number of piperidine rings is 1. The number of carbonyl (C=O) groups excluding carboxylic acids is 1. The highest BCUT2D eigenvalue weighted by atomic mass is 16.2. The van der Waals surface area contributed by atoms with Crippen molar-refractivity contribution in [3.63, 3.8) is 0 Å². The van der Waals surface area contributed by atoms with Gasteiger partial charge in [0.25, 0.3) is 0 Å². The number of nitrogens with one attached hydrogen (secondary N) is 1. The second-order valence-electron chi connectivity index (χ2n) is 6.84. The summed E-state index contributed by atoms with van der Waals surface area (Å²) in [5.41, 5.74) is 1.18. The SMILES string of the molecule is C[C@H]1CCCN(CC(=O)N[C@@H](C)c2cccc3ccccc23)C1. The van der Waals surface area contributed by atoms with Crippen LogP contribution in [0.3, 0.4) is 0 Å². The van der Waals surface area contributed by atoms with E-state index < -0.39 is 0 Å². The number of fused-ring (bicyclic) bond motifs is 1. The molecule has 1 aliphatic rings. The molecule has 0 bridgehead atoms. The molecule has 1 aliphatic heterocycles. The van der Waals surface area contributed by atoms with Crippen molar-refractivity contribution in [3.8, 4) is 0 Å². The predicted molar refractivity (Wildman–Crippen MR) is 95.3 cm³/mol. The second kappa shape index (κ2) is 7.14. The summed E-state index contributed by atoms with van der Waals surface area (Å²) in [7, 11) is 0. The number of hydrogen-bond donors (Lipinski definition) is 1. The summed E-state index contributed by atoms with van der Waals surface area (Å²) in [5.74, 6) is 0.826.